The summed E-state index contributed by atoms with van der Waals surface area (Å²) >= 11 is 0. The Kier molecular flexibility index (Phi) is 28.4. The van der Waals surface area contributed by atoms with Crippen molar-refractivity contribution in [2.24, 2.45) is 87.8 Å². The summed E-state index contributed by atoms with van der Waals surface area (Å²) in [5.41, 5.74) is -0.697. The summed E-state index contributed by atoms with van der Waals surface area (Å²) in [7, 11) is -7.11. The highest BCUT2D eigenvalue weighted by molar-refractivity contribution is 7.88. The van der Waals surface area contributed by atoms with Gasteiger partial charge in [-0.3, -0.25) is 46.7 Å². The van der Waals surface area contributed by atoms with Gasteiger partial charge in [0.15, 0.2) is 24.4 Å². The molecule has 20 rings (SSSR count). The Morgan fingerprint density at radius 1 is 0.444 bits per heavy atom. The van der Waals surface area contributed by atoms with Crippen LogP contribution in [0.1, 0.15) is 231 Å². The Hall–Kier alpha value is -7.70. The minimum Gasteiger partial charge on any atom is -0.462 e. The van der Waals surface area contributed by atoms with Gasteiger partial charge in [0.25, 0.3) is 20.2 Å². The highest BCUT2D eigenvalue weighted by Gasteiger charge is 2.70. The molecule has 0 aromatic rings. The zero-order valence-electron chi connectivity index (χ0n) is 74.3. The van der Waals surface area contributed by atoms with Crippen LogP contribution < -0.4 is 0 Å². The largest absolute Gasteiger partial charge is 0.462 e. The van der Waals surface area contributed by atoms with Crippen LogP contribution in [0.25, 0.3) is 0 Å². The number of carbonyl (C=O) groups is 12. The number of carbonyl (C=O) groups excluding carboxylic acids is 12. The van der Waals surface area contributed by atoms with Gasteiger partial charge in [0.05, 0.1) is 76.7 Å². The van der Waals surface area contributed by atoms with Gasteiger partial charge in [-0.25, -0.2) is 19.2 Å². The number of hydrogen-bond acceptors (Lipinski definition) is 33. The Labute approximate surface area is 736 Å². The monoisotopic (exact) mass is 1810 g/mol. The first kappa shape index (κ1) is 95.9. The molecular formula is C91H126O33S2. The fourth-order valence-electron chi connectivity index (χ4n) is 23.5. The third-order valence-corrected chi connectivity index (χ3v) is 33.3. The first-order valence-electron chi connectivity index (χ1n) is 44.9. The van der Waals surface area contributed by atoms with Gasteiger partial charge < -0.3 is 71.4 Å². The van der Waals surface area contributed by atoms with Crippen LogP contribution in [0.15, 0.2) is 48.6 Å². The number of ether oxygens (including phenoxy) is 14. The topological polar surface area (TPSA) is 441 Å². The maximum Gasteiger partial charge on any atom is 0.333 e. The summed E-state index contributed by atoms with van der Waals surface area (Å²) in [6.45, 7) is 36.0. The zero-order valence-corrected chi connectivity index (χ0v) is 76.0. The number of esters is 12. The Bertz CT molecular complexity index is 4490. The van der Waals surface area contributed by atoms with Gasteiger partial charge in [0, 0.05) is 52.4 Å². The Morgan fingerprint density at radius 3 is 1.26 bits per heavy atom. The minimum absolute atomic E-state index is 0.00904. The molecule has 126 heavy (non-hydrogen) atoms. The fraction of sp³-hybridized carbons (Fsp3) is 0.780. The van der Waals surface area contributed by atoms with Gasteiger partial charge in [-0.15, -0.1) is 0 Å². The molecule has 22 atom stereocenters. The Morgan fingerprint density at radius 2 is 0.841 bits per heavy atom. The van der Waals surface area contributed by atoms with Crippen molar-refractivity contribution in [2.45, 2.75) is 331 Å². The quantitative estimate of drug-likeness (QED) is 0.0263. The van der Waals surface area contributed by atoms with Crippen molar-refractivity contribution in [2.75, 3.05) is 26.4 Å². The molecule has 0 amide bonds. The maximum absolute atomic E-state index is 12.1. The van der Waals surface area contributed by atoms with Gasteiger partial charge in [-0.05, 0) is 212 Å². The van der Waals surface area contributed by atoms with Gasteiger partial charge in [0.1, 0.15) is 74.3 Å². The van der Waals surface area contributed by atoms with Crippen LogP contribution in [-0.4, -0.2) is 221 Å². The number of hydrogen-bond donors (Lipinski definition) is 1. The second kappa shape index (κ2) is 37.3. The van der Waals surface area contributed by atoms with Crippen LogP contribution in [0, 0.1) is 87.8 Å². The lowest BCUT2D eigenvalue weighted by molar-refractivity contribution is -0.221. The lowest BCUT2D eigenvalue weighted by atomic mass is 9.47. The third-order valence-electron chi connectivity index (χ3n) is 29.8. The van der Waals surface area contributed by atoms with E-state index in [9.17, 15) is 79.5 Å². The highest BCUT2D eigenvalue weighted by Crippen LogP contribution is 2.64. The number of fused-ring (bicyclic) bond motifs is 4. The van der Waals surface area contributed by atoms with E-state index in [0.29, 0.717) is 104 Å². The molecule has 33 nitrogen and oxygen atoms in total. The standard InChI is InChI=1S/C19H28O9S.C17H22O9S.C17H26O2.C14H20O3.C13H18O5.C11H12O5/c1-4-19(2,3)18(22)26-8-7-25-14(20)5-6-15(21)27-16-11-9-12-13(10-11)29(23,24)28-17(12)16;1-9(2)17(20)24-6-5-23-13(18)3-4-14(19)25-15-10-7-11-12(8-10)27(21,22)26-16(11)15;1-10(2)16(18)19-17(11(3)4)14-6-12-5-13(8-14)9-15(17)7-12;1-9(2)12(15)17-14-6-10-3-11(7-14)5-13(16,4-10)8-14;1-4-13(2,3)12(15)18-9-7-5-6-8(16-7)10(9)17-11(6)14;1-4(2)10(12)15-8-6-3-5-7(14-6)9(8)16-11(5)13/h11-13,16-17H,4-10H2,1-3H3;10-12,15-16H,1,3-8H2,2H3;11-15H,1,5-9H2,2-4H3;10-11,16H,1,3-8H2,2H3;6-10H,4-5H2,1-3H3;5-9H,1,3H2,2H3. The van der Waals surface area contributed by atoms with Crippen LogP contribution in [0.3, 0.4) is 0 Å². The van der Waals surface area contributed by atoms with E-state index in [1.807, 2.05) is 27.7 Å². The summed E-state index contributed by atoms with van der Waals surface area (Å²) in [6, 6.07) is 0. The maximum atomic E-state index is 12.1. The van der Waals surface area contributed by atoms with Crippen LogP contribution in [0.4, 0.5) is 0 Å². The van der Waals surface area contributed by atoms with E-state index in [2.05, 4.69) is 40.2 Å². The van der Waals surface area contributed by atoms with Crippen molar-refractivity contribution in [3.8, 4) is 0 Å². The predicted octanol–water partition coefficient (Wildman–Crippen LogP) is 9.20. The van der Waals surface area contributed by atoms with Crippen LogP contribution in [0.2, 0.25) is 0 Å². The molecule has 20 fully saturated rings. The zero-order chi connectivity index (χ0) is 91.7. The number of rotatable bonds is 27. The molecule has 16 bridgehead atoms. The molecule has 1 N–H and O–H groups in total. The molecule has 12 aliphatic carbocycles. The van der Waals surface area contributed by atoms with E-state index < -0.39 is 137 Å². The Balaban J connectivity index is 0.000000131. The highest BCUT2D eigenvalue weighted by atomic mass is 32.2. The van der Waals surface area contributed by atoms with Crippen molar-refractivity contribution in [1.82, 2.24) is 0 Å². The van der Waals surface area contributed by atoms with Gasteiger partial charge in [-0.1, -0.05) is 54.0 Å². The lowest BCUT2D eigenvalue weighted by Gasteiger charge is -2.61. The summed E-state index contributed by atoms with van der Waals surface area (Å²) < 4.78 is 133. The first-order valence-corrected chi connectivity index (χ1v) is 47.9. The molecule has 8 saturated heterocycles. The fourth-order valence-corrected chi connectivity index (χ4v) is 27.2. The van der Waals surface area contributed by atoms with E-state index in [1.54, 1.807) is 34.6 Å². The van der Waals surface area contributed by atoms with Crippen LogP contribution in [-0.2, 0) is 152 Å². The van der Waals surface area contributed by atoms with E-state index in [-0.39, 0.29) is 159 Å². The molecule has 0 spiro atoms. The van der Waals surface area contributed by atoms with Crippen molar-refractivity contribution < 1.29 is 154 Å². The molecule has 8 aliphatic heterocycles. The molecule has 35 heteroatoms. The summed E-state index contributed by atoms with van der Waals surface area (Å²) in [6.07, 6.45) is 11.3. The average Bonchev–Trinajstić information content (AvgIpc) is 1.07. The first-order chi connectivity index (χ1) is 59.1. The van der Waals surface area contributed by atoms with Crippen LogP contribution in [0.5, 0.6) is 0 Å². The molecule has 0 aromatic heterocycles. The number of aliphatic hydroxyl groups is 1. The molecular weight excluding hydrogens is 1690 g/mol. The SMILES string of the molecule is C=C(C)C(=O)OC1(C(C)C)C2CC3CC(C2)CC1C3.C=C(C)C(=O)OC12CC3CC(CC(O)(C3)C1)C2.C=C(C)C(=O)OC1C2CC3C(=O)OC1C3O2.C=C(C)C(=O)OCCOC(=O)CCC(=O)OC1C2CC3C1OS(=O)(=O)C3C2.CCC(C)(C)C(=O)OC1C2CC3C(=O)OC1C3O2.CCC(C)(C)C(=O)OCCOC(=O)CCC(=O)OC1C2CC3C1OS(=O)(=O)C3C2. The second-order valence-electron chi connectivity index (χ2n) is 40.2. The van der Waals surface area contributed by atoms with Crippen molar-refractivity contribution in [1.29, 1.82) is 0 Å². The molecule has 8 heterocycles. The minimum atomic E-state index is -3.56. The molecule has 22 unspecified atom stereocenters. The molecule has 12 saturated carbocycles. The summed E-state index contributed by atoms with van der Waals surface area (Å²) in [4.78, 5) is 141. The molecule has 20 aliphatic rings. The van der Waals surface area contributed by atoms with Crippen molar-refractivity contribution >= 4 is 91.9 Å². The second-order valence-corrected chi connectivity index (χ2v) is 43.7. The van der Waals surface area contributed by atoms with Crippen molar-refractivity contribution in [3.63, 3.8) is 0 Å². The normalized spacial score (nSPS) is 38.4. The average molecular weight is 1810 g/mol. The molecule has 0 radical (unpaired) electrons. The van der Waals surface area contributed by atoms with E-state index in [4.69, 9.17) is 74.7 Å². The lowest BCUT2D eigenvalue weighted by Crippen LogP contribution is -2.62. The predicted molar refractivity (Wildman–Crippen MR) is 439 cm³/mol. The van der Waals surface area contributed by atoms with E-state index in [0.717, 1.165) is 37.5 Å². The molecule has 700 valence electrons. The van der Waals surface area contributed by atoms with E-state index >= 15 is 0 Å². The molecule has 0 aromatic carbocycles. The van der Waals surface area contributed by atoms with Gasteiger partial charge in [-0.2, -0.15) is 16.8 Å². The summed E-state index contributed by atoms with van der Waals surface area (Å²) in [5.74, 6) is -1.00. The summed E-state index contributed by atoms with van der Waals surface area (Å²) in [5, 5.41) is 9.56. The van der Waals surface area contributed by atoms with Gasteiger partial charge >= 0.3 is 71.6 Å². The third kappa shape index (κ3) is 20.0. The van der Waals surface area contributed by atoms with Crippen LogP contribution >= 0.6 is 0 Å². The van der Waals surface area contributed by atoms with Gasteiger partial charge in [0.2, 0.25) is 0 Å². The smallest absolute Gasteiger partial charge is 0.333 e. The van der Waals surface area contributed by atoms with Crippen molar-refractivity contribution in [3.05, 3.63) is 48.6 Å². The van der Waals surface area contributed by atoms with E-state index in [1.165, 1.54) is 45.4 Å².